The zero-order valence-electron chi connectivity index (χ0n) is 16.8. The summed E-state index contributed by atoms with van der Waals surface area (Å²) in [5, 5.41) is 0. The SMILES string of the molecule is CCOC(=O)CC1C2CCC1CN(c1cc(C(F)(F)F)nc(N3CCC3C)n1)C2. The molecule has 2 saturated heterocycles. The van der Waals surface area contributed by atoms with Gasteiger partial charge in [0.2, 0.25) is 5.95 Å². The molecule has 6 nitrogen and oxygen atoms in total. The van der Waals surface area contributed by atoms with E-state index in [1.165, 1.54) is 0 Å². The number of ether oxygens (including phenoxy) is 1. The first kappa shape index (κ1) is 20.2. The fraction of sp³-hybridized carbons (Fsp3) is 0.750. The summed E-state index contributed by atoms with van der Waals surface area (Å²) in [6.45, 7) is 6.03. The highest BCUT2D eigenvalue weighted by atomic mass is 19.4. The number of hydrogen-bond acceptors (Lipinski definition) is 6. The van der Waals surface area contributed by atoms with E-state index in [4.69, 9.17) is 4.74 Å². The molecule has 4 rings (SSSR count). The number of anilines is 2. The van der Waals surface area contributed by atoms with Crippen molar-refractivity contribution >= 4 is 17.7 Å². The zero-order chi connectivity index (χ0) is 20.8. The number of nitrogens with zero attached hydrogens (tertiary/aromatic N) is 4. The number of esters is 1. The molecule has 1 aromatic rings. The summed E-state index contributed by atoms with van der Waals surface area (Å²) >= 11 is 0. The van der Waals surface area contributed by atoms with Gasteiger partial charge in [0, 0.05) is 38.2 Å². The van der Waals surface area contributed by atoms with E-state index in [-0.39, 0.29) is 35.7 Å². The second kappa shape index (κ2) is 7.65. The Bertz CT molecular complexity index is 759. The lowest BCUT2D eigenvalue weighted by atomic mass is 9.82. The fourth-order valence-electron chi connectivity index (χ4n) is 4.94. The summed E-state index contributed by atoms with van der Waals surface area (Å²) in [5.41, 5.74) is -0.891. The lowest BCUT2D eigenvalue weighted by molar-refractivity contribution is -0.145. The first-order valence-electron chi connectivity index (χ1n) is 10.4. The van der Waals surface area contributed by atoms with Crippen LogP contribution in [0.15, 0.2) is 6.07 Å². The number of halogens is 3. The Morgan fingerprint density at radius 3 is 2.41 bits per heavy atom. The molecule has 160 valence electrons. The van der Waals surface area contributed by atoms with Gasteiger partial charge in [-0.1, -0.05) is 0 Å². The maximum atomic E-state index is 13.5. The number of rotatable bonds is 5. The van der Waals surface area contributed by atoms with Crippen LogP contribution in [-0.2, 0) is 15.7 Å². The number of carbonyl (C=O) groups is 1. The second-order valence-corrected chi connectivity index (χ2v) is 8.42. The van der Waals surface area contributed by atoms with Gasteiger partial charge in [-0.2, -0.15) is 18.2 Å². The van der Waals surface area contributed by atoms with Crippen LogP contribution in [0.1, 0.15) is 45.2 Å². The predicted molar refractivity (Wildman–Crippen MR) is 102 cm³/mol. The number of aromatic nitrogens is 2. The second-order valence-electron chi connectivity index (χ2n) is 8.42. The van der Waals surface area contributed by atoms with E-state index in [1.54, 1.807) is 6.92 Å². The summed E-state index contributed by atoms with van der Waals surface area (Å²) in [6, 6.07) is 1.22. The molecule has 3 fully saturated rings. The van der Waals surface area contributed by atoms with Gasteiger partial charge in [-0.15, -0.1) is 0 Å². The van der Waals surface area contributed by atoms with Crippen molar-refractivity contribution in [3.63, 3.8) is 0 Å². The molecule has 3 atom stereocenters. The Balaban J connectivity index is 1.56. The maximum absolute atomic E-state index is 13.5. The normalized spacial score (nSPS) is 29.0. The topological polar surface area (TPSA) is 58.6 Å². The van der Waals surface area contributed by atoms with Gasteiger partial charge in [-0.05, 0) is 50.9 Å². The van der Waals surface area contributed by atoms with E-state index in [1.807, 2.05) is 16.7 Å². The molecule has 0 radical (unpaired) electrons. The minimum atomic E-state index is -4.51. The van der Waals surface area contributed by atoms with Crippen LogP contribution in [0.25, 0.3) is 0 Å². The summed E-state index contributed by atoms with van der Waals surface area (Å²) in [6.07, 6.45) is -1.22. The lowest BCUT2D eigenvalue weighted by Crippen LogP contribution is -2.47. The van der Waals surface area contributed by atoms with Gasteiger partial charge in [0.1, 0.15) is 5.82 Å². The highest BCUT2D eigenvalue weighted by molar-refractivity contribution is 5.70. The molecule has 9 heteroatoms. The number of piperidine rings is 1. The Kier molecular flexibility index (Phi) is 5.33. The van der Waals surface area contributed by atoms with E-state index in [9.17, 15) is 18.0 Å². The predicted octanol–water partition coefficient (Wildman–Crippen LogP) is 3.51. The molecule has 0 aromatic carbocycles. The molecule has 2 bridgehead atoms. The van der Waals surface area contributed by atoms with Crippen LogP contribution in [0, 0.1) is 17.8 Å². The minimum Gasteiger partial charge on any atom is -0.466 e. The average Bonchev–Trinajstić information content (AvgIpc) is 2.87. The van der Waals surface area contributed by atoms with Gasteiger partial charge in [-0.3, -0.25) is 4.79 Å². The van der Waals surface area contributed by atoms with Crippen LogP contribution in [0.2, 0.25) is 0 Å². The Hall–Kier alpha value is -2.06. The van der Waals surface area contributed by atoms with E-state index in [0.29, 0.717) is 38.5 Å². The maximum Gasteiger partial charge on any atom is 0.433 e. The fourth-order valence-corrected chi connectivity index (χ4v) is 4.94. The lowest BCUT2D eigenvalue weighted by Gasteiger charge is -2.41. The quantitative estimate of drug-likeness (QED) is 0.690. The van der Waals surface area contributed by atoms with Crippen molar-refractivity contribution in [3.05, 3.63) is 11.8 Å². The van der Waals surface area contributed by atoms with Crippen molar-refractivity contribution in [1.29, 1.82) is 0 Å². The van der Waals surface area contributed by atoms with Crippen molar-refractivity contribution in [2.75, 3.05) is 36.0 Å². The molecule has 3 heterocycles. The van der Waals surface area contributed by atoms with Gasteiger partial charge in [0.15, 0.2) is 5.69 Å². The molecule has 2 aliphatic heterocycles. The number of hydrogen-bond donors (Lipinski definition) is 0. The van der Waals surface area contributed by atoms with Crippen molar-refractivity contribution in [1.82, 2.24) is 9.97 Å². The average molecular weight is 412 g/mol. The van der Waals surface area contributed by atoms with Gasteiger partial charge in [0.25, 0.3) is 0 Å². The van der Waals surface area contributed by atoms with E-state index < -0.39 is 11.9 Å². The molecule has 0 N–H and O–H groups in total. The van der Waals surface area contributed by atoms with Gasteiger partial charge < -0.3 is 14.5 Å². The van der Waals surface area contributed by atoms with Crippen LogP contribution >= 0.6 is 0 Å². The highest BCUT2D eigenvalue weighted by Crippen LogP contribution is 2.45. The molecular formula is C20H27F3N4O2. The van der Waals surface area contributed by atoms with Gasteiger partial charge >= 0.3 is 12.1 Å². The van der Waals surface area contributed by atoms with Crippen molar-refractivity contribution < 1.29 is 22.7 Å². The summed E-state index contributed by atoms with van der Waals surface area (Å²) in [7, 11) is 0. The van der Waals surface area contributed by atoms with Gasteiger partial charge in [-0.25, -0.2) is 4.98 Å². The molecule has 0 amide bonds. The smallest absolute Gasteiger partial charge is 0.433 e. The van der Waals surface area contributed by atoms with Gasteiger partial charge in [0.05, 0.1) is 6.61 Å². The third kappa shape index (κ3) is 4.00. The van der Waals surface area contributed by atoms with Crippen LogP contribution in [0.5, 0.6) is 0 Å². The van der Waals surface area contributed by atoms with Crippen molar-refractivity contribution in [2.45, 2.75) is 51.7 Å². The van der Waals surface area contributed by atoms with Crippen LogP contribution in [0.4, 0.5) is 24.9 Å². The molecular weight excluding hydrogens is 385 g/mol. The molecule has 1 aromatic heterocycles. The molecule has 3 unspecified atom stereocenters. The molecule has 29 heavy (non-hydrogen) atoms. The summed E-state index contributed by atoms with van der Waals surface area (Å²) in [4.78, 5) is 24.0. The molecule has 1 saturated carbocycles. The van der Waals surface area contributed by atoms with Crippen molar-refractivity contribution in [2.24, 2.45) is 17.8 Å². The van der Waals surface area contributed by atoms with E-state index in [2.05, 4.69) is 9.97 Å². The number of alkyl halides is 3. The molecule has 1 aliphatic carbocycles. The Morgan fingerprint density at radius 2 is 1.90 bits per heavy atom. The third-order valence-electron chi connectivity index (χ3n) is 6.63. The first-order chi connectivity index (χ1) is 13.8. The monoisotopic (exact) mass is 412 g/mol. The number of carbonyl (C=O) groups excluding carboxylic acids is 1. The summed E-state index contributed by atoms with van der Waals surface area (Å²) in [5.74, 6) is 1.10. The standard InChI is InChI=1S/C20H27F3N4O2/c1-3-29-18(28)8-15-13-4-5-14(15)11-26(10-13)17-9-16(20(21,22)23)24-19(25-17)27-7-6-12(27)2/h9,12-15H,3-8,10-11H2,1-2H3. The molecule has 0 spiro atoms. The third-order valence-corrected chi connectivity index (χ3v) is 6.63. The summed E-state index contributed by atoms with van der Waals surface area (Å²) < 4.78 is 45.5. The van der Waals surface area contributed by atoms with E-state index in [0.717, 1.165) is 25.3 Å². The first-order valence-corrected chi connectivity index (χ1v) is 10.4. The van der Waals surface area contributed by atoms with Crippen LogP contribution < -0.4 is 9.80 Å². The molecule has 3 aliphatic rings. The zero-order valence-corrected chi connectivity index (χ0v) is 16.8. The Labute approximate surface area is 168 Å². The minimum absolute atomic E-state index is 0.151. The van der Waals surface area contributed by atoms with Crippen LogP contribution in [-0.4, -0.2) is 48.2 Å². The van der Waals surface area contributed by atoms with Crippen LogP contribution in [0.3, 0.4) is 0 Å². The largest absolute Gasteiger partial charge is 0.466 e. The Morgan fingerprint density at radius 1 is 1.21 bits per heavy atom. The van der Waals surface area contributed by atoms with E-state index >= 15 is 0 Å². The number of fused-ring (bicyclic) bond motifs is 2. The van der Waals surface area contributed by atoms with Crippen molar-refractivity contribution in [3.8, 4) is 0 Å². The highest BCUT2D eigenvalue weighted by Gasteiger charge is 2.44.